The molecule has 1 saturated heterocycles. The van der Waals surface area contributed by atoms with Gasteiger partial charge in [-0.3, -0.25) is 0 Å². The van der Waals surface area contributed by atoms with Crippen molar-refractivity contribution in [3.8, 4) is 0 Å². The van der Waals surface area contributed by atoms with Crippen molar-refractivity contribution in [3.63, 3.8) is 0 Å². The van der Waals surface area contributed by atoms with Gasteiger partial charge in [0.1, 0.15) is 4.90 Å². The van der Waals surface area contributed by atoms with Gasteiger partial charge in [-0.05, 0) is 40.9 Å². The normalized spacial score (nSPS) is 16.4. The van der Waals surface area contributed by atoms with E-state index in [1.807, 2.05) is 0 Å². The van der Waals surface area contributed by atoms with Crippen molar-refractivity contribution in [2.75, 3.05) is 32.1 Å². The number of benzene rings is 1. The molecule has 0 unspecified atom stereocenters. The first-order chi connectivity index (χ1) is 8.85. The van der Waals surface area contributed by atoms with Crippen molar-refractivity contribution < 1.29 is 12.8 Å². The minimum atomic E-state index is -3.76. The average molecular weight is 351 g/mol. The molecule has 1 aliphatic heterocycles. The van der Waals surface area contributed by atoms with E-state index >= 15 is 0 Å². The van der Waals surface area contributed by atoms with Crippen molar-refractivity contribution in [1.29, 1.82) is 0 Å². The van der Waals surface area contributed by atoms with Gasteiger partial charge in [-0.25, -0.2) is 17.1 Å². The summed E-state index contributed by atoms with van der Waals surface area (Å²) in [5.74, 6) is -0.724. The third-order valence-electron chi connectivity index (χ3n) is 3.23. The molecule has 2 rings (SSSR count). The summed E-state index contributed by atoms with van der Waals surface area (Å²) in [5, 5.41) is 0. The van der Waals surface area contributed by atoms with Crippen LogP contribution in [0.25, 0.3) is 0 Å². The fourth-order valence-corrected chi connectivity index (χ4v) is 3.81. The zero-order valence-corrected chi connectivity index (χ0v) is 13.3. The molecule has 1 heterocycles. The van der Waals surface area contributed by atoms with E-state index < -0.39 is 15.8 Å². The largest absolute Gasteiger partial charge is 0.371 e. The molecule has 106 valence electrons. The fourth-order valence-electron chi connectivity index (χ4n) is 2.12. The van der Waals surface area contributed by atoms with Crippen LogP contribution >= 0.6 is 15.9 Å². The second-order valence-electron chi connectivity index (χ2n) is 4.69. The van der Waals surface area contributed by atoms with E-state index in [0.717, 1.165) is 30.2 Å². The Morgan fingerprint density at radius 2 is 1.84 bits per heavy atom. The summed E-state index contributed by atoms with van der Waals surface area (Å²) in [7, 11) is -0.989. The van der Waals surface area contributed by atoms with Crippen LogP contribution in [0.5, 0.6) is 0 Å². The number of rotatable bonds is 3. The van der Waals surface area contributed by atoms with Crippen LogP contribution in [0.3, 0.4) is 0 Å². The van der Waals surface area contributed by atoms with Crippen molar-refractivity contribution in [1.82, 2.24) is 4.31 Å². The van der Waals surface area contributed by atoms with Crippen LogP contribution in [0.4, 0.5) is 10.1 Å². The molecule has 1 aromatic rings. The highest BCUT2D eigenvalue weighted by atomic mass is 79.9. The molecule has 1 aliphatic rings. The molecule has 0 N–H and O–H groups in total. The van der Waals surface area contributed by atoms with E-state index in [0.29, 0.717) is 5.69 Å². The Bertz CT molecular complexity index is 584. The van der Waals surface area contributed by atoms with Crippen LogP contribution in [0, 0.1) is 5.82 Å². The summed E-state index contributed by atoms with van der Waals surface area (Å²) >= 11 is 3.18. The highest BCUT2D eigenvalue weighted by Gasteiger charge is 2.26. The quantitative estimate of drug-likeness (QED) is 0.840. The molecule has 19 heavy (non-hydrogen) atoms. The molecular weight excluding hydrogens is 335 g/mol. The number of hydrogen-bond acceptors (Lipinski definition) is 3. The van der Waals surface area contributed by atoms with E-state index in [-0.39, 0.29) is 9.37 Å². The lowest BCUT2D eigenvalue weighted by Crippen LogP contribution is -2.24. The first kappa shape index (κ1) is 14.7. The van der Waals surface area contributed by atoms with E-state index in [9.17, 15) is 12.8 Å². The van der Waals surface area contributed by atoms with Gasteiger partial charge in [0.2, 0.25) is 10.0 Å². The molecular formula is C12H16BrFN2O2S. The van der Waals surface area contributed by atoms with Gasteiger partial charge in [0, 0.05) is 27.2 Å². The maximum atomic E-state index is 14.3. The summed E-state index contributed by atoms with van der Waals surface area (Å²) in [6, 6.07) is 3.00. The van der Waals surface area contributed by atoms with E-state index in [4.69, 9.17) is 0 Å². The Morgan fingerprint density at radius 1 is 1.26 bits per heavy atom. The molecule has 0 bridgehead atoms. The highest BCUT2D eigenvalue weighted by molar-refractivity contribution is 9.10. The SMILES string of the molecule is CN(C)S(=O)(=O)c1ccc(N2CCCC2)c(Br)c1F. The van der Waals surface area contributed by atoms with Crippen LogP contribution in [-0.2, 0) is 10.0 Å². The van der Waals surface area contributed by atoms with Gasteiger partial charge in [-0.2, -0.15) is 0 Å². The molecule has 1 fully saturated rings. The lowest BCUT2D eigenvalue weighted by Gasteiger charge is -2.21. The molecule has 0 radical (unpaired) electrons. The van der Waals surface area contributed by atoms with Gasteiger partial charge in [0.05, 0.1) is 10.2 Å². The lowest BCUT2D eigenvalue weighted by atomic mass is 10.3. The van der Waals surface area contributed by atoms with Crippen LogP contribution < -0.4 is 4.90 Å². The summed E-state index contributed by atoms with van der Waals surface area (Å²) in [6.45, 7) is 1.75. The van der Waals surface area contributed by atoms with Gasteiger partial charge in [-0.15, -0.1) is 0 Å². The van der Waals surface area contributed by atoms with Crippen LogP contribution in [0.2, 0.25) is 0 Å². The minimum Gasteiger partial charge on any atom is -0.371 e. The topological polar surface area (TPSA) is 40.6 Å². The lowest BCUT2D eigenvalue weighted by molar-refractivity contribution is 0.507. The zero-order valence-electron chi connectivity index (χ0n) is 10.9. The van der Waals surface area contributed by atoms with Gasteiger partial charge in [-0.1, -0.05) is 0 Å². The Labute approximate surface area is 121 Å². The van der Waals surface area contributed by atoms with Crippen molar-refractivity contribution >= 4 is 31.6 Å². The molecule has 0 aromatic heterocycles. The van der Waals surface area contributed by atoms with Crippen molar-refractivity contribution in [2.45, 2.75) is 17.7 Å². The monoisotopic (exact) mass is 350 g/mol. The summed E-state index contributed by atoms with van der Waals surface area (Å²) in [4.78, 5) is 1.76. The molecule has 0 spiro atoms. The number of hydrogen-bond donors (Lipinski definition) is 0. The molecule has 0 saturated carbocycles. The van der Waals surface area contributed by atoms with Gasteiger partial charge in [0.25, 0.3) is 0 Å². The number of halogens is 2. The number of anilines is 1. The number of sulfonamides is 1. The number of nitrogens with zero attached hydrogens (tertiary/aromatic N) is 2. The average Bonchev–Trinajstić information content (AvgIpc) is 2.85. The predicted octanol–water partition coefficient (Wildman–Crippen LogP) is 2.44. The van der Waals surface area contributed by atoms with Crippen LogP contribution in [-0.4, -0.2) is 39.9 Å². The molecule has 1 aromatic carbocycles. The Kier molecular flexibility index (Phi) is 4.17. The van der Waals surface area contributed by atoms with Crippen molar-refractivity contribution in [2.24, 2.45) is 0 Å². The second kappa shape index (κ2) is 5.38. The first-order valence-electron chi connectivity index (χ1n) is 6.01. The molecule has 0 amide bonds. The van der Waals surface area contributed by atoms with Crippen LogP contribution in [0.15, 0.2) is 21.5 Å². The third-order valence-corrected chi connectivity index (χ3v) is 5.82. The van der Waals surface area contributed by atoms with E-state index in [1.54, 1.807) is 6.07 Å². The van der Waals surface area contributed by atoms with Crippen molar-refractivity contribution in [3.05, 3.63) is 22.4 Å². The Morgan fingerprint density at radius 3 is 2.37 bits per heavy atom. The second-order valence-corrected chi connectivity index (χ2v) is 7.61. The fraction of sp³-hybridized carbons (Fsp3) is 0.500. The summed E-state index contributed by atoms with van der Waals surface area (Å²) < 4.78 is 39.5. The molecule has 7 heteroatoms. The zero-order chi connectivity index (χ0) is 14.2. The van der Waals surface area contributed by atoms with Gasteiger partial charge >= 0.3 is 0 Å². The predicted molar refractivity (Wildman–Crippen MR) is 76.4 cm³/mol. The standard InChI is InChI=1S/C12H16BrFN2O2S/c1-15(2)19(17,18)10-6-5-9(11(13)12(10)14)16-7-3-4-8-16/h5-6H,3-4,7-8H2,1-2H3. The molecule has 0 atom stereocenters. The summed E-state index contributed by atoms with van der Waals surface area (Å²) in [6.07, 6.45) is 2.15. The highest BCUT2D eigenvalue weighted by Crippen LogP contribution is 2.34. The molecule has 4 nitrogen and oxygen atoms in total. The summed E-state index contributed by atoms with van der Waals surface area (Å²) in [5.41, 5.74) is 0.715. The first-order valence-corrected chi connectivity index (χ1v) is 8.24. The Hall–Kier alpha value is -0.660. The van der Waals surface area contributed by atoms with Gasteiger partial charge < -0.3 is 4.90 Å². The molecule has 0 aliphatic carbocycles. The maximum Gasteiger partial charge on any atom is 0.245 e. The smallest absolute Gasteiger partial charge is 0.245 e. The van der Waals surface area contributed by atoms with Crippen LogP contribution in [0.1, 0.15) is 12.8 Å². The minimum absolute atomic E-state index is 0.220. The van der Waals surface area contributed by atoms with E-state index in [2.05, 4.69) is 20.8 Å². The third kappa shape index (κ3) is 2.64. The van der Waals surface area contributed by atoms with E-state index in [1.165, 1.54) is 20.2 Å². The Balaban J connectivity index is 2.49. The van der Waals surface area contributed by atoms with Gasteiger partial charge in [0.15, 0.2) is 5.82 Å². The maximum absolute atomic E-state index is 14.3.